The van der Waals surface area contributed by atoms with Gasteiger partial charge in [-0.15, -0.1) is 0 Å². The van der Waals surface area contributed by atoms with Crippen LogP contribution in [0.4, 0.5) is 17.6 Å². The molecule has 2 nitrogen and oxygen atoms in total. The molecular formula is C10H8BrF4NO. The van der Waals surface area contributed by atoms with Crippen molar-refractivity contribution in [1.29, 1.82) is 0 Å². The Balaban J connectivity index is 2.50. The van der Waals surface area contributed by atoms with Crippen molar-refractivity contribution in [1.82, 2.24) is 4.98 Å². The minimum atomic E-state index is -4.68. The van der Waals surface area contributed by atoms with E-state index in [1.807, 2.05) is 0 Å². The number of hydrogen-bond donors (Lipinski definition) is 1. The van der Waals surface area contributed by atoms with E-state index in [1.165, 1.54) is 0 Å². The standard InChI is InChI=1S/C10H8BrF4NO/c11-7-6(8(17)4-1-2-4)5(12)3-16-9(7)10(13,14)15/h3-4,8,17H,1-2H2. The monoisotopic (exact) mass is 313 g/mol. The highest BCUT2D eigenvalue weighted by atomic mass is 79.9. The van der Waals surface area contributed by atoms with Crippen molar-refractivity contribution < 1.29 is 22.7 Å². The second kappa shape index (κ2) is 4.20. The van der Waals surface area contributed by atoms with Crippen molar-refractivity contribution in [3.05, 3.63) is 27.7 Å². The molecule has 0 aromatic carbocycles. The molecular weight excluding hydrogens is 306 g/mol. The van der Waals surface area contributed by atoms with Crippen LogP contribution >= 0.6 is 15.9 Å². The van der Waals surface area contributed by atoms with Crippen molar-refractivity contribution in [2.75, 3.05) is 0 Å². The predicted molar refractivity (Wildman–Crippen MR) is 54.6 cm³/mol. The molecule has 1 aliphatic rings. The zero-order chi connectivity index (χ0) is 12.8. The lowest BCUT2D eigenvalue weighted by Gasteiger charge is -2.16. The molecule has 94 valence electrons. The van der Waals surface area contributed by atoms with Gasteiger partial charge in [-0.2, -0.15) is 13.2 Å². The van der Waals surface area contributed by atoms with Gasteiger partial charge in [0.25, 0.3) is 0 Å². The van der Waals surface area contributed by atoms with Crippen molar-refractivity contribution in [2.24, 2.45) is 5.92 Å². The van der Waals surface area contributed by atoms with Crippen molar-refractivity contribution >= 4 is 15.9 Å². The van der Waals surface area contributed by atoms with Crippen molar-refractivity contribution in [2.45, 2.75) is 25.1 Å². The fraction of sp³-hybridized carbons (Fsp3) is 0.500. The van der Waals surface area contributed by atoms with Crippen LogP contribution in [-0.4, -0.2) is 10.1 Å². The molecule has 0 spiro atoms. The van der Waals surface area contributed by atoms with Crippen molar-refractivity contribution in [3.63, 3.8) is 0 Å². The first-order chi connectivity index (χ1) is 7.82. The highest BCUT2D eigenvalue weighted by molar-refractivity contribution is 9.10. The van der Waals surface area contributed by atoms with Crippen LogP contribution in [0.5, 0.6) is 0 Å². The third-order valence-electron chi connectivity index (χ3n) is 2.64. The smallest absolute Gasteiger partial charge is 0.388 e. The number of hydrogen-bond acceptors (Lipinski definition) is 2. The largest absolute Gasteiger partial charge is 0.434 e. The first kappa shape index (κ1) is 12.8. The van der Waals surface area contributed by atoms with E-state index in [0.717, 1.165) is 0 Å². The van der Waals surface area contributed by atoms with Gasteiger partial charge in [0.05, 0.1) is 16.8 Å². The van der Waals surface area contributed by atoms with Crippen LogP contribution in [0.25, 0.3) is 0 Å². The molecule has 0 amide bonds. The predicted octanol–water partition coefficient (Wildman–Crippen LogP) is 3.45. The van der Waals surface area contributed by atoms with Gasteiger partial charge in [0.15, 0.2) is 5.69 Å². The molecule has 1 aliphatic carbocycles. The van der Waals surface area contributed by atoms with Gasteiger partial charge in [0.1, 0.15) is 5.82 Å². The highest BCUT2D eigenvalue weighted by Crippen LogP contribution is 2.45. The van der Waals surface area contributed by atoms with E-state index in [0.29, 0.717) is 19.0 Å². The second-order valence-electron chi connectivity index (χ2n) is 3.96. The Kier molecular flexibility index (Phi) is 3.15. The second-order valence-corrected chi connectivity index (χ2v) is 4.76. The van der Waals surface area contributed by atoms with E-state index in [2.05, 4.69) is 20.9 Å². The van der Waals surface area contributed by atoms with E-state index < -0.39 is 28.3 Å². The molecule has 1 heterocycles. The van der Waals surface area contributed by atoms with Gasteiger partial charge < -0.3 is 5.11 Å². The van der Waals surface area contributed by atoms with Crippen LogP contribution in [0, 0.1) is 11.7 Å². The van der Waals surface area contributed by atoms with Gasteiger partial charge in [0, 0.05) is 5.56 Å². The zero-order valence-corrected chi connectivity index (χ0v) is 10.0. The number of aliphatic hydroxyl groups is 1. The lowest BCUT2D eigenvalue weighted by Crippen LogP contribution is -2.14. The van der Waals surface area contributed by atoms with Gasteiger partial charge >= 0.3 is 6.18 Å². The molecule has 17 heavy (non-hydrogen) atoms. The molecule has 1 N–H and O–H groups in total. The number of aromatic nitrogens is 1. The summed E-state index contributed by atoms with van der Waals surface area (Å²) in [6.45, 7) is 0. The normalized spacial score (nSPS) is 18.2. The maximum absolute atomic E-state index is 13.4. The molecule has 1 unspecified atom stereocenters. The molecule has 2 rings (SSSR count). The molecule has 0 bridgehead atoms. The summed E-state index contributed by atoms with van der Waals surface area (Å²) in [6.07, 6.45) is -4.01. The van der Waals surface area contributed by atoms with Gasteiger partial charge in [-0.3, -0.25) is 0 Å². The summed E-state index contributed by atoms with van der Waals surface area (Å²) in [5.74, 6) is -1.09. The van der Waals surface area contributed by atoms with Crippen LogP contribution in [0.1, 0.15) is 30.2 Å². The summed E-state index contributed by atoms with van der Waals surface area (Å²) in [5, 5.41) is 9.75. The maximum atomic E-state index is 13.4. The molecule has 1 saturated carbocycles. The van der Waals surface area contributed by atoms with Gasteiger partial charge in [-0.25, -0.2) is 9.37 Å². The maximum Gasteiger partial charge on any atom is 0.434 e. The molecule has 1 fully saturated rings. The Morgan fingerprint density at radius 3 is 2.47 bits per heavy atom. The molecule has 1 aromatic heterocycles. The highest BCUT2D eigenvalue weighted by Gasteiger charge is 2.40. The van der Waals surface area contributed by atoms with Crippen molar-refractivity contribution in [3.8, 4) is 0 Å². The molecule has 1 aromatic rings. The Morgan fingerprint density at radius 2 is 2.00 bits per heavy atom. The van der Waals surface area contributed by atoms with E-state index in [-0.39, 0.29) is 11.5 Å². The van der Waals surface area contributed by atoms with Gasteiger partial charge in [0.2, 0.25) is 0 Å². The molecule has 1 atom stereocenters. The summed E-state index contributed by atoms with van der Waals surface area (Å²) >= 11 is 2.68. The number of halogens is 5. The first-order valence-corrected chi connectivity index (χ1v) is 5.71. The lowest BCUT2D eigenvalue weighted by molar-refractivity contribution is -0.142. The summed E-state index contributed by atoms with van der Waals surface area (Å²) in [7, 11) is 0. The van der Waals surface area contributed by atoms with E-state index in [1.54, 1.807) is 0 Å². The Bertz CT molecular complexity index is 445. The van der Waals surface area contributed by atoms with E-state index >= 15 is 0 Å². The first-order valence-electron chi connectivity index (χ1n) is 4.91. The third kappa shape index (κ3) is 2.44. The lowest BCUT2D eigenvalue weighted by atomic mass is 10.1. The molecule has 0 saturated heterocycles. The number of nitrogens with zero attached hydrogens (tertiary/aromatic N) is 1. The number of rotatable bonds is 2. The zero-order valence-electron chi connectivity index (χ0n) is 8.43. The fourth-order valence-corrected chi connectivity index (χ4v) is 2.35. The fourth-order valence-electron chi connectivity index (χ4n) is 1.60. The average molecular weight is 314 g/mol. The molecule has 0 aliphatic heterocycles. The van der Waals surface area contributed by atoms with Crippen LogP contribution in [0.15, 0.2) is 10.7 Å². The van der Waals surface area contributed by atoms with E-state index in [9.17, 15) is 22.7 Å². The SMILES string of the molecule is OC(c1c(F)cnc(C(F)(F)F)c1Br)C1CC1. The minimum absolute atomic E-state index is 0.163. The van der Waals surface area contributed by atoms with E-state index in [4.69, 9.17) is 0 Å². The topological polar surface area (TPSA) is 33.1 Å². The molecule has 7 heteroatoms. The van der Waals surface area contributed by atoms with Crippen LogP contribution in [-0.2, 0) is 6.18 Å². The average Bonchev–Trinajstić information content (AvgIpc) is 2.97. The van der Waals surface area contributed by atoms with Crippen LogP contribution in [0.3, 0.4) is 0 Å². The van der Waals surface area contributed by atoms with Crippen LogP contribution in [0.2, 0.25) is 0 Å². The third-order valence-corrected chi connectivity index (χ3v) is 3.44. The number of aliphatic hydroxyl groups excluding tert-OH is 1. The van der Waals surface area contributed by atoms with Gasteiger partial charge in [-0.1, -0.05) is 0 Å². The number of alkyl halides is 3. The Hall–Kier alpha value is -0.690. The Morgan fingerprint density at radius 1 is 1.41 bits per heavy atom. The Labute approximate surface area is 103 Å². The minimum Gasteiger partial charge on any atom is -0.388 e. The quantitative estimate of drug-likeness (QED) is 0.848. The summed E-state index contributed by atoms with van der Waals surface area (Å²) in [5.41, 5.74) is -1.57. The molecule has 0 radical (unpaired) electrons. The summed E-state index contributed by atoms with van der Waals surface area (Å²) < 4.78 is 50.6. The summed E-state index contributed by atoms with van der Waals surface area (Å²) in [4.78, 5) is 3.01. The van der Waals surface area contributed by atoms with Gasteiger partial charge in [-0.05, 0) is 34.7 Å². The van der Waals surface area contributed by atoms with Crippen LogP contribution < -0.4 is 0 Å². The summed E-state index contributed by atoms with van der Waals surface area (Å²) in [6, 6.07) is 0. The number of pyridine rings is 1.